The molecule has 0 amide bonds. The number of hydrogen-bond donors (Lipinski definition) is 0. The van der Waals surface area contributed by atoms with Gasteiger partial charge in [-0.1, -0.05) is 29.8 Å². The van der Waals surface area contributed by atoms with Gasteiger partial charge in [0.2, 0.25) is 10.0 Å². The number of carbonyl (C=O) groups is 1. The largest absolute Gasteiger partial charge is 0.297 e. The highest BCUT2D eigenvalue weighted by Crippen LogP contribution is 2.29. The average molecular weight is 333 g/mol. The SMILES string of the molecule is Cc1ccc(S(=O)(=O)N2CC(=O)C(c3ccc(F)cc3)C2)cc1. The molecule has 120 valence electrons. The van der Waals surface area contributed by atoms with Gasteiger partial charge in [0.15, 0.2) is 5.78 Å². The van der Waals surface area contributed by atoms with E-state index >= 15 is 0 Å². The van der Waals surface area contributed by atoms with Gasteiger partial charge in [0, 0.05) is 6.54 Å². The van der Waals surface area contributed by atoms with Crippen molar-refractivity contribution in [1.82, 2.24) is 4.31 Å². The molecule has 1 unspecified atom stereocenters. The van der Waals surface area contributed by atoms with Gasteiger partial charge < -0.3 is 0 Å². The molecule has 23 heavy (non-hydrogen) atoms. The predicted molar refractivity (Wildman–Crippen MR) is 84.1 cm³/mol. The Morgan fingerprint density at radius 2 is 1.65 bits per heavy atom. The van der Waals surface area contributed by atoms with E-state index in [1.165, 1.54) is 28.6 Å². The molecular weight excluding hydrogens is 317 g/mol. The molecule has 1 fully saturated rings. The summed E-state index contributed by atoms with van der Waals surface area (Å²) in [4.78, 5) is 12.4. The van der Waals surface area contributed by atoms with Crippen LogP contribution in [-0.2, 0) is 14.8 Å². The minimum atomic E-state index is -3.70. The lowest BCUT2D eigenvalue weighted by atomic mass is 9.98. The molecule has 1 heterocycles. The molecule has 2 aromatic carbocycles. The van der Waals surface area contributed by atoms with E-state index in [2.05, 4.69) is 0 Å². The molecule has 0 saturated carbocycles. The van der Waals surface area contributed by atoms with Crippen molar-refractivity contribution in [2.24, 2.45) is 0 Å². The number of sulfonamides is 1. The number of aryl methyl sites for hydroxylation is 1. The van der Waals surface area contributed by atoms with Gasteiger partial charge in [-0.05, 0) is 36.8 Å². The van der Waals surface area contributed by atoms with Crippen LogP contribution in [0.2, 0.25) is 0 Å². The second-order valence-corrected chi connectivity index (χ2v) is 7.62. The Morgan fingerprint density at radius 1 is 1.04 bits per heavy atom. The van der Waals surface area contributed by atoms with Crippen LogP contribution >= 0.6 is 0 Å². The fraction of sp³-hybridized carbons (Fsp3) is 0.235. The van der Waals surface area contributed by atoms with Crippen LogP contribution in [0.1, 0.15) is 17.0 Å². The van der Waals surface area contributed by atoms with Gasteiger partial charge in [0.1, 0.15) is 5.82 Å². The van der Waals surface area contributed by atoms with Gasteiger partial charge >= 0.3 is 0 Å². The monoisotopic (exact) mass is 333 g/mol. The number of hydrogen-bond acceptors (Lipinski definition) is 3. The van der Waals surface area contributed by atoms with E-state index in [0.29, 0.717) is 5.56 Å². The molecule has 0 N–H and O–H groups in total. The number of benzene rings is 2. The number of nitrogens with zero attached hydrogens (tertiary/aromatic N) is 1. The van der Waals surface area contributed by atoms with E-state index in [1.807, 2.05) is 6.92 Å². The summed E-state index contributed by atoms with van der Waals surface area (Å²) in [6.07, 6.45) is 0. The summed E-state index contributed by atoms with van der Waals surface area (Å²) in [5, 5.41) is 0. The third kappa shape index (κ3) is 3.04. The van der Waals surface area contributed by atoms with Gasteiger partial charge in [-0.2, -0.15) is 4.31 Å². The maximum Gasteiger partial charge on any atom is 0.243 e. The molecular formula is C17H16FNO3S. The van der Waals surface area contributed by atoms with E-state index in [1.54, 1.807) is 24.3 Å². The summed E-state index contributed by atoms with van der Waals surface area (Å²) in [5.74, 6) is -1.11. The number of ketones is 1. The first-order valence-electron chi connectivity index (χ1n) is 7.23. The predicted octanol–water partition coefficient (Wildman–Crippen LogP) is 2.49. The molecule has 6 heteroatoms. The Morgan fingerprint density at radius 3 is 2.26 bits per heavy atom. The van der Waals surface area contributed by atoms with Crippen LogP contribution in [0.15, 0.2) is 53.4 Å². The van der Waals surface area contributed by atoms with Crippen LogP contribution in [0.3, 0.4) is 0 Å². The zero-order valence-corrected chi connectivity index (χ0v) is 13.4. The lowest BCUT2D eigenvalue weighted by Crippen LogP contribution is -2.29. The first-order chi connectivity index (χ1) is 10.9. The van der Waals surface area contributed by atoms with Crippen LogP contribution in [0.5, 0.6) is 0 Å². The third-order valence-corrected chi connectivity index (χ3v) is 5.86. The van der Waals surface area contributed by atoms with Crippen LogP contribution in [-0.4, -0.2) is 31.6 Å². The molecule has 1 saturated heterocycles. The van der Waals surface area contributed by atoms with Crippen LogP contribution in [0.25, 0.3) is 0 Å². The topological polar surface area (TPSA) is 54.5 Å². The normalized spacial score (nSPS) is 19.2. The van der Waals surface area contributed by atoms with Crippen molar-refractivity contribution in [3.8, 4) is 0 Å². The Bertz CT molecular complexity index is 829. The molecule has 1 aliphatic rings. The number of halogens is 1. The summed E-state index contributed by atoms with van der Waals surface area (Å²) < 4.78 is 39.5. The zero-order chi connectivity index (χ0) is 16.6. The summed E-state index contributed by atoms with van der Waals surface area (Å²) in [6.45, 7) is 1.80. The van der Waals surface area contributed by atoms with E-state index in [0.717, 1.165) is 5.56 Å². The number of Topliss-reactive ketones (excluding diaryl/α,β-unsaturated/α-hetero) is 1. The first-order valence-corrected chi connectivity index (χ1v) is 8.67. The van der Waals surface area contributed by atoms with E-state index in [9.17, 15) is 17.6 Å². The smallest absolute Gasteiger partial charge is 0.243 e. The fourth-order valence-electron chi connectivity index (χ4n) is 2.68. The summed E-state index contributed by atoms with van der Waals surface area (Å²) in [5.41, 5.74) is 1.60. The maximum atomic E-state index is 13.0. The van der Waals surface area contributed by atoms with Crippen molar-refractivity contribution in [1.29, 1.82) is 0 Å². The standard InChI is InChI=1S/C17H16FNO3S/c1-12-2-8-15(9-3-12)23(21,22)19-10-16(17(20)11-19)13-4-6-14(18)7-5-13/h2-9,16H,10-11H2,1H3. The second-order valence-electron chi connectivity index (χ2n) is 5.68. The average Bonchev–Trinajstić information content (AvgIpc) is 2.91. The van der Waals surface area contributed by atoms with Gasteiger partial charge in [-0.15, -0.1) is 0 Å². The van der Waals surface area contributed by atoms with Gasteiger partial charge in [0.25, 0.3) is 0 Å². The minimum Gasteiger partial charge on any atom is -0.297 e. The van der Waals surface area contributed by atoms with Crippen molar-refractivity contribution in [3.05, 3.63) is 65.5 Å². The van der Waals surface area contributed by atoms with Crippen LogP contribution < -0.4 is 0 Å². The van der Waals surface area contributed by atoms with Crippen molar-refractivity contribution in [2.75, 3.05) is 13.1 Å². The molecule has 4 nitrogen and oxygen atoms in total. The highest BCUT2D eigenvalue weighted by Gasteiger charge is 2.38. The Labute approximate surface area is 134 Å². The Balaban J connectivity index is 1.86. The van der Waals surface area contributed by atoms with Gasteiger partial charge in [-0.25, -0.2) is 12.8 Å². The molecule has 2 aromatic rings. The maximum absolute atomic E-state index is 13.0. The summed E-state index contributed by atoms with van der Waals surface area (Å²) in [6, 6.07) is 12.1. The van der Waals surface area contributed by atoms with E-state index in [4.69, 9.17) is 0 Å². The highest BCUT2D eigenvalue weighted by atomic mass is 32.2. The van der Waals surface area contributed by atoms with Crippen molar-refractivity contribution in [3.63, 3.8) is 0 Å². The molecule has 0 aliphatic carbocycles. The van der Waals surface area contributed by atoms with Crippen molar-refractivity contribution < 1.29 is 17.6 Å². The van der Waals surface area contributed by atoms with Gasteiger partial charge in [-0.3, -0.25) is 4.79 Å². The molecule has 0 spiro atoms. The van der Waals surface area contributed by atoms with E-state index < -0.39 is 15.9 Å². The highest BCUT2D eigenvalue weighted by molar-refractivity contribution is 7.89. The third-order valence-electron chi connectivity index (χ3n) is 4.04. The minimum absolute atomic E-state index is 0.0840. The van der Waals surface area contributed by atoms with Crippen molar-refractivity contribution in [2.45, 2.75) is 17.7 Å². The second kappa shape index (κ2) is 5.86. The van der Waals surface area contributed by atoms with Crippen LogP contribution in [0, 0.1) is 12.7 Å². The number of rotatable bonds is 3. The first kappa shape index (κ1) is 15.8. The molecule has 3 rings (SSSR count). The molecule has 0 bridgehead atoms. The molecule has 0 aromatic heterocycles. The fourth-order valence-corrected chi connectivity index (χ4v) is 4.10. The Kier molecular flexibility index (Phi) is 4.04. The lowest BCUT2D eigenvalue weighted by molar-refractivity contribution is -0.117. The Hall–Kier alpha value is -2.05. The summed E-state index contributed by atoms with van der Waals surface area (Å²) in [7, 11) is -3.70. The van der Waals surface area contributed by atoms with Gasteiger partial charge in [0.05, 0.1) is 17.4 Å². The molecule has 0 radical (unpaired) electrons. The molecule has 1 aliphatic heterocycles. The summed E-state index contributed by atoms with van der Waals surface area (Å²) >= 11 is 0. The quantitative estimate of drug-likeness (QED) is 0.867. The van der Waals surface area contributed by atoms with E-state index in [-0.39, 0.29) is 29.6 Å². The van der Waals surface area contributed by atoms with Crippen molar-refractivity contribution >= 4 is 15.8 Å². The zero-order valence-electron chi connectivity index (χ0n) is 12.6. The number of carbonyl (C=O) groups excluding carboxylic acids is 1. The van der Waals surface area contributed by atoms with Crippen LogP contribution in [0.4, 0.5) is 4.39 Å². The lowest BCUT2D eigenvalue weighted by Gasteiger charge is -2.16. The molecule has 1 atom stereocenters.